The molecular formula is C15H22O5Si. The third-order valence-electron chi connectivity index (χ3n) is 1.94. The topological polar surface area (TPSA) is 76.0 Å². The lowest BCUT2D eigenvalue weighted by molar-refractivity contribution is 0.0697. The fourth-order valence-corrected chi connectivity index (χ4v) is 2.00. The molecule has 0 heterocycles. The number of allylic oxidation sites excluding steroid dienone is 1. The Kier molecular flexibility index (Phi) is 8.64. The minimum atomic E-state index is -1.63. The minimum Gasteiger partial charge on any atom is -0.542 e. The van der Waals surface area contributed by atoms with Gasteiger partial charge in [-0.05, 0) is 31.8 Å². The quantitative estimate of drug-likeness (QED) is 0.492. The molecule has 0 saturated carbocycles. The van der Waals surface area contributed by atoms with Crippen molar-refractivity contribution in [3.63, 3.8) is 0 Å². The SMILES string of the molecule is COC=CC(=CO)O[Si](C)(C)C.O=C(O)c1ccccc1. The molecule has 0 bridgehead atoms. The van der Waals surface area contributed by atoms with Gasteiger partial charge in [-0.25, -0.2) is 4.79 Å². The first-order chi connectivity index (χ1) is 9.80. The van der Waals surface area contributed by atoms with E-state index in [0.29, 0.717) is 11.3 Å². The summed E-state index contributed by atoms with van der Waals surface area (Å²) in [7, 11) is -0.0847. The van der Waals surface area contributed by atoms with Crippen molar-refractivity contribution in [1.82, 2.24) is 0 Å². The minimum absolute atomic E-state index is 0.331. The summed E-state index contributed by atoms with van der Waals surface area (Å²) in [5.74, 6) is -0.438. The maximum absolute atomic E-state index is 10.2. The van der Waals surface area contributed by atoms with Crippen molar-refractivity contribution < 1.29 is 24.2 Å². The number of carboxylic acid groups (broad SMARTS) is 1. The third-order valence-corrected chi connectivity index (χ3v) is 2.79. The van der Waals surface area contributed by atoms with E-state index in [1.165, 1.54) is 6.26 Å². The lowest BCUT2D eigenvalue weighted by atomic mass is 10.2. The van der Waals surface area contributed by atoms with Crippen molar-refractivity contribution in [3.8, 4) is 0 Å². The van der Waals surface area contributed by atoms with E-state index in [0.717, 1.165) is 6.26 Å². The van der Waals surface area contributed by atoms with Gasteiger partial charge in [-0.1, -0.05) is 18.2 Å². The maximum Gasteiger partial charge on any atom is 0.335 e. The molecule has 0 amide bonds. The van der Waals surface area contributed by atoms with Gasteiger partial charge in [0.05, 0.1) is 18.9 Å². The zero-order valence-corrected chi connectivity index (χ0v) is 13.7. The van der Waals surface area contributed by atoms with Crippen LogP contribution >= 0.6 is 0 Å². The molecule has 0 atom stereocenters. The zero-order valence-electron chi connectivity index (χ0n) is 12.7. The van der Waals surface area contributed by atoms with Crippen LogP contribution in [0, 0.1) is 0 Å². The Morgan fingerprint density at radius 1 is 1.19 bits per heavy atom. The molecule has 0 fully saturated rings. The average Bonchev–Trinajstić information content (AvgIpc) is 2.44. The summed E-state index contributed by atoms with van der Waals surface area (Å²) in [4.78, 5) is 10.2. The van der Waals surface area contributed by atoms with E-state index in [1.54, 1.807) is 43.5 Å². The number of rotatable bonds is 5. The van der Waals surface area contributed by atoms with Gasteiger partial charge in [0.2, 0.25) is 8.32 Å². The van der Waals surface area contributed by atoms with Gasteiger partial charge < -0.3 is 19.4 Å². The molecule has 0 aliphatic heterocycles. The van der Waals surface area contributed by atoms with Crippen LogP contribution in [0.15, 0.2) is 54.7 Å². The number of aromatic carboxylic acids is 1. The molecule has 1 aromatic carbocycles. The highest BCUT2D eigenvalue weighted by molar-refractivity contribution is 6.70. The molecular weight excluding hydrogens is 288 g/mol. The Hall–Kier alpha value is -2.21. The highest BCUT2D eigenvalue weighted by atomic mass is 28.4. The van der Waals surface area contributed by atoms with Gasteiger partial charge in [-0.15, -0.1) is 0 Å². The molecule has 0 aliphatic carbocycles. The van der Waals surface area contributed by atoms with E-state index >= 15 is 0 Å². The number of benzene rings is 1. The van der Waals surface area contributed by atoms with Crippen LogP contribution in [0.4, 0.5) is 0 Å². The standard InChI is InChI=1S/C8H16O3Si.C7H6O2/c1-10-6-5-8(7-9)11-12(2,3)4;8-7(9)6-4-2-1-3-5-6/h5-7,9H,1-4H3;1-5H,(H,8,9). The first kappa shape index (κ1) is 18.8. The summed E-state index contributed by atoms with van der Waals surface area (Å²) in [6.07, 6.45) is 3.98. The van der Waals surface area contributed by atoms with Gasteiger partial charge in [0.25, 0.3) is 0 Å². The molecule has 6 heteroatoms. The van der Waals surface area contributed by atoms with Crippen LogP contribution in [-0.2, 0) is 9.16 Å². The molecule has 0 aromatic heterocycles. The number of carboxylic acids is 1. The third kappa shape index (κ3) is 10.3. The van der Waals surface area contributed by atoms with Crippen molar-refractivity contribution in [1.29, 1.82) is 0 Å². The van der Waals surface area contributed by atoms with Crippen molar-refractivity contribution in [3.05, 3.63) is 60.3 Å². The van der Waals surface area contributed by atoms with Crippen LogP contribution in [-0.4, -0.2) is 31.6 Å². The molecule has 1 aromatic rings. The Labute approximate surface area is 126 Å². The highest BCUT2D eigenvalue weighted by Crippen LogP contribution is 2.10. The lowest BCUT2D eigenvalue weighted by Gasteiger charge is -2.18. The average molecular weight is 310 g/mol. The van der Waals surface area contributed by atoms with E-state index in [4.69, 9.17) is 19.4 Å². The molecule has 1 rings (SSSR count). The first-order valence-corrected chi connectivity index (χ1v) is 9.72. The van der Waals surface area contributed by atoms with Crippen LogP contribution in [0.5, 0.6) is 0 Å². The van der Waals surface area contributed by atoms with Crippen LogP contribution in [0.25, 0.3) is 0 Å². The van der Waals surface area contributed by atoms with E-state index in [-0.39, 0.29) is 0 Å². The number of carbonyl (C=O) groups is 1. The molecule has 0 unspecified atom stereocenters. The summed E-state index contributed by atoms with van der Waals surface area (Å²) in [5, 5.41) is 17.1. The van der Waals surface area contributed by atoms with E-state index < -0.39 is 14.3 Å². The van der Waals surface area contributed by atoms with Crippen molar-refractivity contribution in [2.45, 2.75) is 19.6 Å². The van der Waals surface area contributed by atoms with Gasteiger partial charge in [0, 0.05) is 6.08 Å². The normalized spacial score (nSPS) is 11.5. The van der Waals surface area contributed by atoms with E-state index in [1.807, 2.05) is 19.6 Å². The van der Waals surface area contributed by atoms with Gasteiger partial charge in [0.15, 0.2) is 0 Å². The second-order valence-electron chi connectivity index (χ2n) is 4.96. The van der Waals surface area contributed by atoms with Gasteiger partial charge in [-0.3, -0.25) is 0 Å². The second kappa shape index (κ2) is 9.65. The highest BCUT2D eigenvalue weighted by Gasteiger charge is 2.16. The number of aliphatic hydroxyl groups is 1. The Morgan fingerprint density at radius 3 is 2.10 bits per heavy atom. The smallest absolute Gasteiger partial charge is 0.335 e. The molecule has 21 heavy (non-hydrogen) atoms. The summed E-state index contributed by atoms with van der Waals surface area (Å²) < 4.78 is 10.2. The molecule has 0 spiro atoms. The van der Waals surface area contributed by atoms with Crippen LogP contribution < -0.4 is 0 Å². The van der Waals surface area contributed by atoms with E-state index in [9.17, 15) is 4.79 Å². The molecule has 0 aliphatic rings. The number of ether oxygens (including phenoxy) is 1. The molecule has 116 valence electrons. The summed E-state index contributed by atoms with van der Waals surface area (Å²) in [5.41, 5.74) is 0.331. The molecule has 0 radical (unpaired) electrons. The summed E-state index contributed by atoms with van der Waals surface area (Å²) in [6, 6.07) is 8.30. The molecule has 5 nitrogen and oxygen atoms in total. The van der Waals surface area contributed by atoms with Gasteiger partial charge in [0.1, 0.15) is 12.0 Å². The fourth-order valence-electron chi connectivity index (χ4n) is 1.17. The van der Waals surface area contributed by atoms with Crippen molar-refractivity contribution in [2.24, 2.45) is 0 Å². The summed E-state index contributed by atoms with van der Waals surface area (Å²) >= 11 is 0. The monoisotopic (exact) mass is 310 g/mol. The zero-order chi connectivity index (χ0) is 16.3. The van der Waals surface area contributed by atoms with E-state index in [2.05, 4.69) is 0 Å². The first-order valence-electron chi connectivity index (χ1n) is 6.31. The van der Waals surface area contributed by atoms with Crippen LogP contribution in [0.1, 0.15) is 10.4 Å². The Morgan fingerprint density at radius 2 is 1.76 bits per heavy atom. The number of hydrogen-bond acceptors (Lipinski definition) is 4. The van der Waals surface area contributed by atoms with Crippen LogP contribution in [0.3, 0.4) is 0 Å². The number of hydrogen-bond donors (Lipinski definition) is 2. The molecule has 0 saturated heterocycles. The Bertz CT molecular complexity index is 475. The number of methoxy groups -OCH3 is 1. The largest absolute Gasteiger partial charge is 0.542 e. The fraction of sp³-hybridized carbons (Fsp3) is 0.267. The number of aliphatic hydroxyl groups excluding tert-OH is 1. The predicted molar refractivity (Wildman–Crippen MR) is 84.7 cm³/mol. The van der Waals surface area contributed by atoms with Crippen molar-refractivity contribution >= 4 is 14.3 Å². The second-order valence-corrected chi connectivity index (χ2v) is 9.38. The van der Waals surface area contributed by atoms with Gasteiger partial charge >= 0.3 is 5.97 Å². The van der Waals surface area contributed by atoms with Crippen molar-refractivity contribution in [2.75, 3.05) is 7.11 Å². The summed E-state index contributed by atoms with van der Waals surface area (Å²) in [6.45, 7) is 6.12. The maximum atomic E-state index is 10.2. The lowest BCUT2D eigenvalue weighted by Crippen LogP contribution is -2.24. The van der Waals surface area contributed by atoms with Crippen LogP contribution in [0.2, 0.25) is 19.6 Å². The van der Waals surface area contributed by atoms with Gasteiger partial charge in [-0.2, -0.15) is 0 Å². The predicted octanol–water partition coefficient (Wildman–Crippen LogP) is 3.78. The molecule has 2 N–H and O–H groups in total. The Balaban J connectivity index is 0.000000394.